The predicted molar refractivity (Wildman–Crippen MR) is 86.8 cm³/mol. The van der Waals surface area contributed by atoms with Gasteiger partial charge in [-0.15, -0.1) is 0 Å². The molecule has 1 aliphatic rings. The average molecular weight is 294 g/mol. The summed E-state index contributed by atoms with van der Waals surface area (Å²) in [4.78, 5) is 26.0. The molecule has 4 nitrogen and oxygen atoms in total. The fourth-order valence-corrected chi connectivity index (χ4v) is 2.68. The Hall–Kier alpha value is -2.62. The number of nitrogens with zero attached hydrogens (tertiary/aromatic N) is 1. The number of amides is 2. The molecule has 1 N–H and O–H groups in total. The van der Waals surface area contributed by atoms with Crippen molar-refractivity contribution in [3.63, 3.8) is 0 Å². The van der Waals surface area contributed by atoms with Gasteiger partial charge in [0.1, 0.15) is 6.04 Å². The van der Waals surface area contributed by atoms with Gasteiger partial charge >= 0.3 is 0 Å². The van der Waals surface area contributed by atoms with Gasteiger partial charge in [-0.25, -0.2) is 4.90 Å². The number of hydrogen-bond acceptors (Lipinski definition) is 3. The van der Waals surface area contributed by atoms with Gasteiger partial charge in [-0.3, -0.25) is 9.59 Å². The molecule has 0 aliphatic carbocycles. The number of nitrogens with one attached hydrogen (secondary N) is 1. The second-order valence-corrected chi connectivity index (χ2v) is 5.36. The quantitative estimate of drug-likeness (QED) is 0.882. The highest BCUT2D eigenvalue weighted by Gasteiger charge is 2.39. The summed E-state index contributed by atoms with van der Waals surface area (Å²) < 4.78 is 0. The Labute approximate surface area is 129 Å². The van der Waals surface area contributed by atoms with Gasteiger partial charge < -0.3 is 5.32 Å². The minimum Gasteiger partial charge on any atom is -0.373 e. The van der Waals surface area contributed by atoms with Crippen LogP contribution in [-0.2, 0) is 16.0 Å². The monoisotopic (exact) mass is 294 g/mol. The van der Waals surface area contributed by atoms with Crippen LogP contribution in [0.2, 0.25) is 0 Å². The molecule has 1 saturated heterocycles. The number of carbonyl (C=O) groups excluding carboxylic acids is 2. The first-order valence-electron chi connectivity index (χ1n) is 7.46. The Morgan fingerprint density at radius 2 is 1.86 bits per heavy atom. The van der Waals surface area contributed by atoms with Gasteiger partial charge in [0.25, 0.3) is 5.91 Å². The van der Waals surface area contributed by atoms with E-state index in [9.17, 15) is 9.59 Å². The van der Waals surface area contributed by atoms with Gasteiger partial charge in [0.2, 0.25) is 5.91 Å². The van der Waals surface area contributed by atoms with E-state index in [0.717, 1.165) is 12.1 Å². The molecule has 0 aromatic heterocycles. The van der Waals surface area contributed by atoms with Crippen LogP contribution >= 0.6 is 0 Å². The SMILES string of the molecule is CCc1cccc(N[C@@H]2CC(=O)N(c3ccccc3)C2=O)c1. The Balaban J connectivity index is 1.79. The number of aryl methyl sites for hydroxylation is 1. The molecule has 2 amide bonds. The zero-order valence-corrected chi connectivity index (χ0v) is 12.5. The lowest BCUT2D eigenvalue weighted by Crippen LogP contribution is -2.34. The lowest BCUT2D eigenvalue weighted by atomic mass is 10.1. The van der Waals surface area contributed by atoms with Gasteiger partial charge in [0.15, 0.2) is 0 Å². The van der Waals surface area contributed by atoms with E-state index >= 15 is 0 Å². The fourth-order valence-electron chi connectivity index (χ4n) is 2.68. The topological polar surface area (TPSA) is 49.4 Å². The Kier molecular flexibility index (Phi) is 3.92. The molecule has 4 heteroatoms. The second kappa shape index (κ2) is 6.02. The van der Waals surface area contributed by atoms with Crippen LogP contribution in [0.25, 0.3) is 0 Å². The molecule has 2 aromatic rings. The predicted octanol–water partition coefficient (Wildman–Crippen LogP) is 2.99. The Morgan fingerprint density at radius 1 is 1.09 bits per heavy atom. The lowest BCUT2D eigenvalue weighted by molar-refractivity contribution is -0.121. The number of carbonyl (C=O) groups is 2. The van der Waals surface area contributed by atoms with Crippen LogP contribution in [0.4, 0.5) is 11.4 Å². The molecule has 1 heterocycles. The normalized spacial score (nSPS) is 17.9. The number of benzene rings is 2. The maximum absolute atomic E-state index is 12.5. The van der Waals surface area contributed by atoms with Crippen molar-refractivity contribution in [2.45, 2.75) is 25.8 Å². The van der Waals surface area contributed by atoms with E-state index in [-0.39, 0.29) is 18.2 Å². The molecule has 3 rings (SSSR count). The third kappa shape index (κ3) is 2.72. The zero-order valence-electron chi connectivity index (χ0n) is 12.5. The maximum Gasteiger partial charge on any atom is 0.256 e. The van der Waals surface area contributed by atoms with E-state index in [1.54, 1.807) is 12.1 Å². The van der Waals surface area contributed by atoms with E-state index in [2.05, 4.69) is 12.2 Å². The van der Waals surface area contributed by atoms with Crippen molar-refractivity contribution < 1.29 is 9.59 Å². The van der Waals surface area contributed by atoms with E-state index in [1.165, 1.54) is 10.5 Å². The molecule has 0 spiro atoms. The third-order valence-corrected chi connectivity index (χ3v) is 3.84. The van der Waals surface area contributed by atoms with Crippen molar-refractivity contribution in [2.24, 2.45) is 0 Å². The molecule has 2 aromatic carbocycles. The second-order valence-electron chi connectivity index (χ2n) is 5.36. The summed E-state index contributed by atoms with van der Waals surface area (Å²) in [5, 5.41) is 3.18. The molecule has 0 radical (unpaired) electrons. The summed E-state index contributed by atoms with van der Waals surface area (Å²) >= 11 is 0. The van der Waals surface area contributed by atoms with Gasteiger partial charge in [0, 0.05) is 5.69 Å². The molecule has 1 aliphatic heterocycles. The highest BCUT2D eigenvalue weighted by atomic mass is 16.2. The molecular weight excluding hydrogens is 276 g/mol. The molecule has 1 fully saturated rings. The Bertz CT molecular complexity index is 697. The van der Waals surface area contributed by atoms with Gasteiger partial charge in [0.05, 0.1) is 12.1 Å². The van der Waals surface area contributed by atoms with Crippen molar-refractivity contribution in [1.82, 2.24) is 0 Å². The first-order valence-corrected chi connectivity index (χ1v) is 7.46. The number of anilines is 2. The summed E-state index contributed by atoms with van der Waals surface area (Å²) in [6, 6.07) is 16.5. The van der Waals surface area contributed by atoms with Crippen LogP contribution in [0.5, 0.6) is 0 Å². The molecule has 1 atom stereocenters. The summed E-state index contributed by atoms with van der Waals surface area (Å²) in [6.45, 7) is 2.08. The van der Waals surface area contributed by atoms with Gasteiger partial charge in [-0.2, -0.15) is 0 Å². The Morgan fingerprint density at radius 3 is 2.59 bits per heavy atom. The van der Waals surface area contributed by atoms with Crippen LogP contribution in [0.3, 0.4) is 0 Å². The minimum atomic E-state index is -0.500. The van der Waals surface area contributed by atoms with Crippen molar-refractivity contribution in [1.29, 1.82) is 0 Å². The maximum atomic E-state index is 12.5. The third-order valence-electron chi connectivity index (χ3n) is 3.84. The number of para-hydroxylation sites is 1. The van der Waals surface area contributed by atoms with Crippen LogP contribution in [-0.4, -0.2) is 17.9 Å². The lowest BCUT2D eigenvalue weighted by Gasteiger charge is -2.16. The van der Waals surface area contributed by atoms with E-state index in [0.29, 0.717) is 5.69 Å². The van der Waals surface area contributed by atoms with E-state index < -0.39 is 6.04 Å². The van der Waals surface area contributed by atoms with Crippen molar-refractivity contribution in [3.8, 4) is 0 Å². The summed E-state index contributed by atoms with van der Waals surface area (Å²) in [5.41, 5.74) is 2.70. The van der Waals surface area contributed by atoms with Crippen LogP contribution < -0.4 is 10.2 Å². The molecule has 112 valence electrons. The minimum absolute atomic E-state index is 0.166. The van der Waals surface area contributed by atoms with Gasteiger partial charge in [-0.05, 0) is 36.2 Å². The summed E-state index contributed by atoms with van der Waals surface area (Å²) in [7, 11) is 0. The summed E-state index contributed by atoms with van der Waals surface area (Å²) in [5.74, 6) is -0.363. The molecule has 0 saturated carbocycles. The van der Waals surface area contributed by atoms with Crippen molar-refractivity contribution in [2.75, 3.05) is 10.2 Å². The first kappa shape index (κ1) is 14.3. The van der Waals surface area contributed by atoms with Crippen LogP contribution in [0, 0.1) is 0 Å². The summed E-state index contributed by atoms with van der Waals surface area (Å²) in [6.07, 6.45) is 1.12. The number of imide groups is 1. The first-order chi connectivity index (χ1) is 10.7. The molecular formula is C18H18N2O2. The number of rotatable bonds is 4. The standard InChI is InChI=1S/C18H18N2O2/c1-2-13-7-6-8-14(11-13)19-16-12-17(21)20(18(16)22)15-9-4-3-5-10-15/h3-11,16,19H,2,12H2,1H3/t16-/m1/s1. The van der Waals surface area contributed by atoms with Crippen molar-refractivity contribution in [3.05, 3.63) is 60.2 Å². The van der Waals surface area contributed by atoms with E-state index in [1.807, 2.05) is 42.5 Å². The van der Waals surface area contributed by atoms with Crippen molar-refractivity contribution >= 4 is 23.2 Å². The smallest absolute Gasteiger partial charge is 0.256 e. The molecule has 0 unspecified atom stereocenters. The van der Waals surface area contributed by atoms with Gasteiger partial charge in [-0.1, -0.05) is 37.3 Å². The van der Waals surface area contributed by atoms with Crippen LogP contribution in [0.1, 0.15) is 18.9 Å². The largest absolute Gasteiger partial charge is 0.373 e. The molecule has 0 bridgehead atoms. The average Bonchev–Trinajstić information content (AvgIpc) is 2.82. The number of hydrogen-bond donors (Lipinski definition) is 1. The highest BCUT2D eigenvalue weighted by Crippen LogP contribution is 2.24. The zero-order chi connectivity index (χ0) is 15.5. The van der Waals surface area contributed by atoms with E-state index in [4.69, 9.17) is 0 Å². The molecule has 22 heavy (non-hydrogen) atoms. The highest BCUT2D eigenvalue weighted by molar-refractivity contribution is 6.23. The van der Waals surface area contributed by atoms with Crippen LogP contribution in [0.15, 0.2) is 54.6 Å². The fraction of sp³-hybridized carbons (Fsp3) is 0.222.